The van der Waals surface area contributed by atoms with Crippen LogP contribution in [0.15, 0.2) is 30.6 Å². The molecule has 0 radical (unpaired) electrons. The number of rotatable bonds is 3. The van der Waals surface area contributed by atoms with Gasteiger partial charge in [-0.15, -0.1) is 0 Å². The fourth-order valence-electron chi connectivity index (χ4n) is 2.31. The van der Waals surface area contributed by atoms with Gasteiger partial charge in [-0.2, -0.15) is 0 Å². The van der Waals surface area contributed by atoms with Crippen molar-refractivity contribution in [1.82, 2.24) is 5.32 Å². The van der Waals surface area contributed by atoms with Gasteiger partial charge in [0, 0.05) is 6.54 Å². The van der Waals surface area contributed by atoms with Gasteiger partial charge in [-0.25, -0.2) is 8.78 Å². The molecule has 1 N–H and O–H groups in total. The number of nitrogens with one attached hydrogen (secondary N) is 1. The van der Waals surface area contributed by atoms with Crippen molar-refractivity contribution in [2.45, 2.75) is 25.8 Å². The lowest BCUT2D eigenvalue weighted by Gasteiger charge is -2.32. The Morgan fingerprint density at radius 1 is 1.48 bits per heavy atom. The average molecular weight is 294 g/mol. The average Bonchev–Trinajstić information content (AvgIpc) is 2.44. The maximum atomic E-state index is 13.9. The van der Waals surface area contributed by atoms with Gasteiger partial charge in [-0.3, -0.25) is 9.59 Å². The molecule has 1 fully saturated rings. The Kier molecular flexibility index (Phi) is 4.35. The van der Waals surface area contributed by atoms with Crippen molar-refractivity contribution < 1.29 is 18.4 Å². The molecule has 2 rings (SSSR count). The van der Waals surface area contributed by atoms with Crippen LogP contribution in [0.2, 0.25) is 0 Å². The summed E-state index contributed by atoms with van der Waals surface area (Å²) in [5.41, 5.74) is 1.00. The van der Waals surface area contributed by atoms with Crippen LogP contribution < -0.4 is 10.2 Å². The smallest absolute Gasteiger partial charge is 0.280 e. The normalized spacial score (nSPS) is 18.5. The van der Waals surface area contributed by atoms with Crippen LogP contribution in [0.4, 0.5) is 14.5 Å². The maximum absolute atomic E-state index is 13.9. The van der Waals surface area contributed by atoms with E-state index in [4.69, 9.17) is 0 Å². The van der Waals surface area contributed by atoms with Crippen molar-refractivity contribution in [2.24, 2.45) is 0 Å². The number of hydrogen-bond acceptors (Lipinski definition) is 2. The Labute approximate surface area is 121 Å². The third-order valence-electron chi connectivity index (χ3n) is 3.38. The van der Waals surface area contributed by atoms with E-state index in [0.29, 0.717) is 19.4 Å². The van der Waals surface area contributed by atoms with Crippen LogP contribution in [0.1, 0.15) is 18.4 Å². The van der Waals surface area contributed by atoms with Crippen molar-refractivity contribution in [3.8, 4) is 0 Å². The summed E-state index contributed by atoms with van der Waals surface area (Å²) in [7, 11) is 0. The lowest BCUT2D eigenvalue weighted by atomic mass is 10.0. The second-order valence-corrected chi connectivity index (χ2v) is 5.02. The Morgan fingerprint density at radius 3 is 2.86 bits per heavy atom. The van der Waals surface area contributed by atoms with Gasteiger partial charge in [0.25, 0.3) is 5.91 Å². The Morgan fingerprint density at radius 2 is 2.19 bits per heavy atom. The molecule has 0 aliphatic carbocycles. The van der Waals surface area contributed by atoms with Crippen LogP contribution in [0.5, 0.6) is 0 Å². The summed E-state index contributed by atoms with van der Waals surface area (Å²) in [4.78, 5) is 24.9. The van der Waals surface area contributed by atoms with E-state index >= 15 is 0 Å². The fraction of sp³-hybridized carbons (Fsp3) is 0.333. The van der Waals surface area contributed by atoms with Crippen LogP contribution in [0.25, 0.3) is 0 Å². The lowest BCUT2D eigenvalue weighted by molar-refractivity contribution is -0.127. The third-order valence-corrected chi connectivity index (χ3v) is 3.38. The van der Waals surface area contributed by atoms with Gasteiger partial charge < -0.3 is 10.2 Å². The van der Waals surface area contributed by atoms with Gasteiger partial charge in [0.2, 0.25) is 5.91 Å². The topological polar surface area (TPSA) is 49.4 Å². The number of benzene rings is 1. The number of hydrogen-bond donors (Lipinski definition) is 1. The molecular weight excluding hydrogens is 278 g/mol. The highest BCUT2D eigenvalue weighted by molar-refractivity contribution is 6.01. The summed E-state index contributed by atoms with van der Waals surface area (Å²) in [5, 5.41) is 2.27. The quantitative estimate of drug-likeness (QED) is 0.869. The van der Waals surface area contributed by atoms with Gasteiger partial charge in [-0.1, -0.05) is 12.6 Å². The van der Waals surface area contributed by atoms with Gasteiger partial charge in [0.05, 0.1) is 5.69 Å². The number of carbonyl (C=O) groups is 2. The molecule has 6 heteroatoms. The highest BCUT2D eigenvalue weighted by Crippen LogP contribution is 2.25. The Bertz CT molecular complexity index is 601. The number of aryl methyl sites for hydroxylation is 1. The predicted molar refractivity (Wildman–Crippen MR) is 74.9 cm³/mol. The minimum absolute atomic E-state index is 0.179. The van der Waals surface area contributed by atoms with Crippen LogP contribution in [-0.2, 0) is 9.59 Å². The summed E-state index contributed by atoms with van der Waals surface area (Å²) in [6.45, 7) is 5.04. The van der Waals surface area contributed by atoms with Crippen molar-refractivity contribution in [1.29, 1.82) is 0 Å². The molecule has 1 aromatic rings. The monoisotopic (exact) mass is 294 g/mol. The van der Waals surface area contributed by atoms with Gasteiger partial charge >= 0.3 is 0 Å². The van der Waals surface area contributed by atoms with Crippen molar-refractivity contribution in [3.05, 3.63) is 42.0 Å². The molecular formula is C15H16F2N2O2. The van der Waals surface area contributed by atoms with E-state index in [-0.39, 0.29) is 5.69 Å². The first-order valence-corrected chi connectivity index (χ1v) is 6.63. The first-order chi connectivity index (χ1) is 9.90. The second kappa shape index (κ2) is 6.03. The van der Waals surface area contributed by atoms with Crippen molar-refractivity contribution >= 4 is 17.5 Å². The largest absolute Gasteiger partial charge is 0.338 e. The van der Waals surface area contributed by atoms with Crippen LogP contribution in [0.3, 0.4) is 0 Å². The van der Waals surface area contributed by atoms with Gasteiger partial charge in [0.15, 0.2) is 5.83 Å². The molecule has 1 saturated heterocycles. The highest BCUT2D eigenvalue weighted by atomic mass is 19.1. The molecule has 1 atom stereocenters. The first kappa shape index (κ1) is 15.2. The lowest BCUT2D eigenvalue weighted by Crippen LogP contribution is -2.52. The molecule has 2 amide bonds. The molecule has 1 aliphatic heterocycles. The number of amides is 2. The molecule has 0 aromatic heterocycles. The van der Waals surface area contributed by atoms with E-state index in [9.17, 15) is 18.4 Å². The summed E-state index contributed by atoms with van der Waals surface area (Å²) < 4.78 is 26.6. The number of nitrogens with zero attached hydrogens (tertiary/aromatic N) is 1. The molecule has 112 valence electrons. The van der Waals surface area contributed by atoms with Crippen LogP contribution >= 0.6 is 0 Å². The van der Waals surface area contributed by atoms with Crippen molar-refractivity contribution in [3.63, 3.8) is 0 Å². The van der Waals surface area contributed by atoms with E-state index < -0.39 is 29.5 Å². The number of anilines is 1. The SMILES string of the molecule is C=C(F)C(=O)NC1CCCN(c2cc(C)ccc2F)C1=O. The molecule has 0 bridgehead atoms. The van der Waals surface area contributed by atoms with Crippen LogP contribution in [0, 0.1) is 12.7 Å². The molecule has 0 saturated carbocycles. The number of carbonyl (C=O) groups excluding carboxylic acids is 2. The fourth-order valence-corrected chi connectivity index (χ4v) is 2.31. The molecule has 1 heterocycles. The molecule has 1 aliphatic rings. The van der Waals surface area contributed by atoms with E-state index in [1.54, 1.807) is 19.1 Å². The summed E-state index contributed by atoms with van der Waals surface area (Å²) in [6.07, 6.45) is 0.977. The van der Waals surface area contributed by atoms with E-state index in [1.165, 1.54) is 11.0 Å². The first-order valence-electron chi connectivity index (χ1n) is 6.63. The van der Waals surface area contributed by atoms with E-state index in [1.807, 2.05) is 0 Å². The Hall–Kier alpha value is -2.24. The maximum Gasteiger partial charge on any atom is 0.280 e. The number of piperidine rings is 1. The van der Waals surface area contributed by atoms with E-state index in [2.05, 4.69) is 11.9 Å². The zero-order valence-corrected chi connectivity index (χ0v) is 11.7. The minimum Gasteiger partial charge on any atom is -0.338 e. The standard InChI is InChI=1S/C15H16F2N2O2/c1-9-5-6-11(17)13(8-9)19-7-3-4-12(15(19)21)18-14(20)10(2)16/h5-6,8,12H,2-4,7H2,1H3,(H,18,20). The van der Waals surface area contributed by atoms with Crippen LogP contribution in [-0.4, -0.2) is 24.4 Å². The summed E-state index contributed by atoms with van der Waals surface area (Å²) in [5.74, 6) is -3.11. The Balaban J connectivity index is 2.22. The second-order valence-electron chi connectivity index (χ2n) is 5.02. The van der Waals surface area contributed by atoms with Gasteiger partial charge in [0.1, 0.15) is 11.9 Å². The van der Waals surface area contributed by atoms with Gasteiger partial charge in [-0.05, 0) is 37.5 Å². The molecule has 1 aromatic carbocycles. The predicted octanol–water partition coefficient (Wildman–Crippen LogP) is 2.23. The molecule has 0 spiro atoms. The zero-order valence-electron chi connectivity index (χ0n) is 11.7. The molecule has 1 unspecified atom stereocenters. The van der Waals surface area contributed by atoms with Crippen molar-refractivity contribution in [2.75, 3.05) is 11.4 Å². The minimum atomic E-state index is -1.15. The molecule has 4 nitrogen and oxygen atoms in total. The summed E-state index contributed by atoms with van der Waals surface area (Å²) in [6, 6.07) is 3.62. The molecule has 21 heavy (non-hydrogen) atoms. The third kappa shape index (κ3) is 3.26. The zero-order chi connectivity index (χ0) is 15.6. The highest BCUT2D eigenvalue weighted by Gasteiger charge is 2.32. The van der Waals surface area contributed by atoms with E-state index in [0.717, 1.165) is 5.56 Å². The summed E-state index contributed by atoms with van der Waals surface area (Å²) >= 11 is 0. The number of halogens is 2.